The molecular weight excluding hydrogens is 372 g/mol. The number of hydrogen-bond acceptors (Lipinski definition) is 5. The number of carbonyl (C=O) groups excluding carboxylic acids is 2. The quantitative estimate of drug-likeness (QED) is 0.717. The number of nitrogens with one attached hydrogen (secondary N) is 2. The molecule has 1 atom stereocenters. The van der Waals surface area contributed by atoms with E-state index < -0.39 is 6.04 Å². The van der Waals surface area contributed by atoms with Crippen LogP contribution in [0, 0.1) is 6.92 Å². The number of aromatic nitrogens is 2. The number of anilines is 2. The summed E-state index contributed by atoms with van der Waals surface area (Å²) in [5.41, 5.74) is 3.06. The average Bonchev–Trinajstić information content (AvgIpc) is 3.32. The lowest BCUT2D eigenvalue weighted by Crippen LogP contribution is -2.35. The normalized spacial score (nSPS) is 16.9. The molecule has 3 heterocycles. The largest absolute Gasteiger partial charge is 0.454 e. The van der Waals surface area contributed by atoms with E-state index in [1.165, 1.54) is 0 Å². The smallest absolute Gasteiger partial charge is 0.249 e. The maximum Gasteiger partial charge on any atom is 0.249 e. The second kappa shape index (κ2) is 6.66. The van der Waals surface area contributed by atoms with E-state index >= 15 is 0 Å². The van der Waals surface area contributed by atoms with Gasteiger partial charge in [0.25, 0.3) is 0 Å². The van der Waals surface area contributed by atoms with Gasteiger partial charge in [0, 0.05) is 22.9 Å². The third-order valence-corrected chi connectivity index (χ3v) is 5.07. The Morgan fingerprint density at radius 1 is 1.17 bits per heavy atom. The van der Waals surface area contributed by atoms with Crippen molar-refractivity contribution in [2.24, 2.45) is 0 Å². The summed E-state index contributed by atoms with van der Waals surface area (Å²) in [6.45, 7) is 2.05. The van der Waals surface area contributed by atoms with Crippen LogP contribution in [0.5, 0.6) is 11.5 Å². The number of amides is 2. The fourth-order valence-corrected chi connectivity index (χ4v) is 3.61. The minimum atomic E-state index is -0.750. The van der Waals surface area contributed by atoms with E-state index in [0.717, 1.165) is 16.8 Å². The van der Waals surface area contributed by atoms with Crippen molar-refractivity contribution >= 4 is 23.3 Å². The highest BCUT2D eigenvalue weighted by molar-refractivity contribution is 6.02. The van der Waals surface area contributed by atoms with E-state index in [0.29, 0.717) is 23.0 Å². The minimum Gasteiger partial charge on any atom is -0.454 e. The summed E-state index contributed by atoms with van der Waals surface area (Å²) in [5.74, 6) is 1.22. The number of ether oxygens (including phenoxy) is 2. The molecule has 146 valence electrons. The highest BCUT2D eigenvalue weighted by Crippen LogP contribution is 2.36. The highest BCUT2D eigenvalue weighted by Gasteiger charge is 2.34. The van der Waals surface area contributed by atoms with Crippen LogP contribution in [0.25, 0.3) is 11.3 Å². The summed E-state index contributed by atoms with van der Waals surface area (Å²) < 4.78 is 12.2. The number of fused-ring (bicyclic) bond motifs is 2. The van der Waals surface area contributed by atoms with Gasteiger partial charge in [-0.2, -0.15) is 5.10 Å². The van der Waals surface area contributed by atoms with Gasteiger partial charge < -0.3 is 20.1 Å². The van der Waals surface area contributed by atoms with E-state index in [-0.39, 0.29) is 25.0 Å². The van der Waals surface area contributed by atoms with Gasteiger partial charge in [0.15, 0.2) is 11.5 Å². The third-order valence-electron chi connectivity index (χ3n) is 5.07. The molecule has 0 aliphatic carbocycles. The highest BCUT2D eigenvalue weighted by atomic mass is 16.7. The van der Waals surface area contributed by atoms with Gasteiger partial charge in [-0.1, -0.05) is 30.3 Å². The molecule has 0 radical (unpaired) electrons. The third kappa shape index (κ3) is 2.98. The van der Waals surface area contributed by atoms with Gasteiger partial charge in [0.2, 0.25) is 18.6 Å². The zero-order chi connectivity index (χ0) is 20.0. The van der Waals surface area contributed by atoms with E-state index in [1.807, 2.05) is 37.3 Å². The summed E-state index contributed by atoms with van der Waals surface area (Å²) in [6, 6.07) is 14.1. The molecule has 2 aliphatic heterocycles. The van der Waals surface area contributed by atoms with Crippen LogP contribution < -0.4 is 20.1 Å². The first-order valence-corrected chi connectivity index (χ1v) is 9.25. The van der Waals surface area contributed by atoms with Gasteiger partial charge in [-0.3, -0.25) is 9.59 Å². The lowest BCUT2D eigenvalue weighted by atomic mass is 10.1. The molecule has 5 rings (SSSR count). The molecule has 0 spiro atoms. The van der Waals surface area contributed by atoms with Crippen molar-refractivity contribution < 1.29 is 19.1 Å². The predicted octanol–water partition coefficient (Wildman–Crippen LogP) is 3.11. The van der Waals surface area contributed by atoms with Crippen LogP contribution in [-0.2, 0) is 9.59 Å². The Morgan fingerprint density at radius 2 is 1.97 bits per heavy atom. The van der Waals surface area contributed by atoms with Crippen LogP contribution in [0.3, 0.4) is 0 Å². The van der Waals surface area contributed by atoms with Crippen molar-refractivity contribution in [3.8, 4) is 22.8 Å². The topological polar surface area (TPSA) is 94.5 Å². The fraction of sp³-hybridized carbons (Fsp3) is 0.190. The fourth-order valence-electron chi connectivity index (χ4n) is 3.61. The van der Waals surface area contributed by atoms with Gasteiger partial charge in [-0.05, 0) is 19.1 Å². The standard InChI is InChI=1S/C21H18N4O4/c1-12-19(13-5-3-2-4-6-13)24-25-15(10-18(26)23-20(12)25)21(27)22-14-7-8-16-17(9-14)29-11-28-16/h2-9,15H,10-11H2,1H3,(H,22,27)(H,23,26)/t15-/m0/s1. The van der Waals surface area contributed by atoms with Crippen molar-refractivity contribution in [2.45, 2.75) is 19.4 Å². The molecule has 0 unspecified atom stereocenters. The summed E-state index contributed by atoms with van der Waals surface area (Å²) >= 11 is 0. The number of carbonyl (C=O) groups is 2. The number of nitrogens with zero attached hydrogens (tertiary/aromatic N) is 2. The SMILES string of the molecule is Cc1c(-c2ccccc2)nn2c1NC(=O)C[C@H]2C(=O)Nc1ccc2c(c1)OCO2. The van der Waals surface area contributed by atoms with Gasteiger partial charge in [0.1, 0.15) is 11.9 Å². The van der Waals surface area contributed by atoms with Gasteiger partial charge in [-0.25, -0.2) is 4.68 Å². The van der Waals surface area contributed by atoms with Crippen LogP contribution >= 0.6 is 0 Å². The van der Waals surface area contributed by atoms with E-state index in [2.05, 4.69) is 15.7 Å². The minimum absolute atomic E-state index is 0.0126. The van der Waals surface area contributed by atoms with Crippen molar-refractivity contribution in [1.82, 2.24) is 9.78 Å². The zero-order valence-electron chi connectivity index (χ0n) is 15.6. The first kappa shape index (κ1) is 17.3. The molecule has 1 aromatic heterocycles. The Morgan fingerprint density at radius 3 is 2.79 bits per heavy atom. The molecule has 29 heavy (non-hydrogen) atoms. The molecule has 2 aromatic carbocycles. The van der Waals surface area contributed by atoms with Crippen molar-refractivity contribution in [2.75, 3.05) is 17.4 Å². The Hall–Kier alpha value is -3.81. The second-order valence-electron chi connectivity index (χ2n) is 6.96. The summed E-state index contributed by atoms with van der Waals surface area (Å²) in [6.07, 6.45) is 0.0126. The predicted molar refractivity (Wildman–Crippen MR) is 106 cm³/mol. The molecule has 0 saturated heterocycles. The van der Waals surface area contributed by atoms with Crippen LogP contribution in [0.15, 0.2) is 48.5 Å². The monoisotopic (exact) mass is 390 g/mol. The Balaban J connectivity index is 1.47. The Bertz CT molecular complexity index is 1120. The van der Waals surface area contributed by atoms with Crippen LogP contribution in [0.1, 0.15) is 18.0 Å². The molecule has 3 aromatic rings. The first-order chi connectivity index (χ1) is 14.1. The molecule has 0 saturated carbocycles. The Kier molecular flexibility index (Phi) is 3.97. The van der Waals surface area contributed by atoms with Crippen LogP contribution in [0.2, 0.25) is 0 Å². The first-order valence-electron chi connectivity index (χ1n) is 9.25. The van der Waals surface area contributed by atoms with Gasteiger partial charge >= 0.3 is 0 Å². The van der Waals surface area contributed by atoms with Gasteiger partial charge in [0.05, 0.1) is 12.1 Å². The maximum atomic E-state index is 13.0. The van der Waals surface area contributed by atoms with Gasteiger partial charge in [-0.15, -0.1) is 0 Å². The summed E-state index contributed by atoms with van der Waals surface area (Å²) in [5, 5.41) is 10.4. The average molecular weight is 390 g/mol. The van der Waals surface area contributed by atoms with E-state index in [4.69, 9.17) is 9.47 Å². The zero-order valence-corrected chi connectivity index (χ0v) is 15.6. The second-order valence-corrected chi connectivity index (χ2v) is 6.96. The van der Waals surface area contributed by atoms with Crippen LogP contribution in [-0.4, -0.2) is 28.4 Å². The maximum absolute atomic E-state index is 13.0. The summed E-state index contributed by atoms with van der Waals surface area (Å²) in [7, 11) is 0. The molecule has 0 bridgehead atoms. The number of rotatable bonds is 3. The van der Waals surface area contributed by atoms with Crippen LogP contribution in [0.4, 0.5) is 11.5 Å². The number of hydrogen-bond donors (Lipinski definition) is 2. The lowest BCUT2D eigenvalue weighted by molar-refractivity contribution is -0.125. The molecule has 2 amide bonds. The molecule has 8 heteroatoms. The lowest BCUT2D eigenvalue weighted by Gasteiger charge is -2.24. The van der Waals surface area contributed by atoms with Crippen molar-refractivity contribution in [1.29, 1.82) is 0 Å². The Labute approximate surface area is 166 Å². The molecule has 0 fully saturated rings. The van der Waals surface area contributed by atoms with Crippen molar-refractivity contribution in [3.05, 3.63) is 54.1 Å². The molecule has 2 N–H and O–H groups in total. The molecule has 8 nitrogen and oxygen atoms in total. The molecular formula is C21H18N4O4. The van der Waals surface area contributed by atoms with E-state index in [9.17, 15) is 9.59 Å². The van der Waals surface area contributed by atoms with E-state index in [1.54, 1.807) is 22.9 Å². The number of benzene rings is 2. The summed E-state index contributed by atoms with van der Waals surface area (Å²) in [4.78, 5) is 25.3. The van der Waals surface area contributed by atoms with Crippen molar-refractivity contribution in [3.63, 3.8) is 0 Å². The molecule has 2 aliphatic rings.